The summed E-state index contributed by atoms with van der Waals surface area (Å²) in [7, 11) is 0. The van der Waals surface area contributed by atoms with Gasteiger partial charge in [-0.05, 0) is 12.8 Å². The van der Waals surface area contributed by atoms with Gasteiger partial charge in [0, 0.05) is 6.42 Å². The Balaban J connectivity index is 2.80. The first-order valence-corrected chi connectivity index (χ1v) is 5.84. The van der Waals surface area contributed by atoms with Crippen molar-refractivity contribution in [3.63, 3.8) is 0 Å². The highest BCUT2D eigenvalue weighted by Gasteiger charge is 2.14. The molecule has 0 aliphatic carbocycles. The van der Waals surface area contributed by atoms with E-state index < -0.39 is 11.9 Å². The van der Waals surface area contributed by atoms with Crippen molar-refractivity contribution in [2.24, 2.45) is 5.73 Å². The number of aryl methyl sites for hydroxylation is 2. The fourth-order valence-corrected chi connectivity index (χ4v) is 1.41. The SMILES string of the molecule is C#CCC(N)C(=O)Nc1nnc(CC)c(CC)n1. The number of nitrogens with one attached hydrogen (secondary N) is 1. The van der Waals surface area contributed by atoms with Crippen molar-refractivity contribution in [2.75, 3.05) is 5.32 Å². The van der Waals surface area contributed by atoms with Crippen LogP contribution in [0.15, 0.2) is 0 Å². The number of hydrogen-bond donors (Lipinski definition) is 2. The lowest BCUT2D eigenvalue weighted by Crippen LogP contribution is -2.35. The molecule has 0 fully saturated rings. The second-order valence-electron chi connectivity index (χ2n) is 3.74. The summed E-state index contributed by atoms with van der Waals surface area (Å²) in [5.41, 5.74) is 7.24. The Hall–Kier alpha value is -2.00. The maximum Gasteiger partial charge on any atom is 0.249 e. The summed E-state index contributed by atoms with van der Waals surface area (Å²) >= 11 is 0. The van der Waals surface area contributed by atoms with E-state index in [9.17, 15) is 4.79 Å². The molecule has 6 heteroatoms. The van der Waals surface area contributed by atoms with Crippen molar-refractivity contribution < 1.29 is 4.79 Å². The minimum absolute atomic E-state index is 0.168. The molecule has 18 heavy (non-hydrogen) atoms. The van der Waals surface area contributed by atoms with Crippen LogP contribution in [-0.2, 0) is 17.6 Å². The maximum absolute atomic E-state index is 11.6. The van der Waals surface area contributed by atoms with E-state index in [-0.39, 0.29) is 12.4 Å². The van der Waals surface area contributed by atoms with Gasteiger partial charge >= 0.3 is 0 Å². The first-order valence-electron chi connectivity index (χ1n) is 5.84. The van der Waals surface area contributed by atoms with E-state index in [1.54, 1.807) is 0 Å². The van der Waals surface area contributed by atoms with E-state index in [1.807, 2.05) is 13.8 Å². The Morgan fingerprint density at radius 2 is 2.06 bits per heavy atom. The van der Waals surface area contributed by atoms with Gasteiger partial charge in [-0.15, -0.1) is 22.5 Å². The molecule has 3 N–H and O–H groups in total. The number of nitrogens with two attached hydrogens (primary N) is 1. The van der Waals surface area contributed by atoms with Crippen LogP contribution in [0.3, 0.4) is 0 Å². The van der Waals surface area contributed by atoms with Crippen LogP contribution in [0.25, 0.3) is 0 Å². The Labute approximate surface area is 106 Å². The van der Waals surface area contributed by atoms with Crippen LogP contribution in [0.4, 0.5) is 5.95 Å². The van der Waals surface area contributed by atoms with Crippen LogP contribution in [0.5, 0.6) is 0 Å². The van der Waals surface area contributed by atoms with Gasteiger partial charge in [0.05, 0.1) is 17.4 Å². The second kappa shape index (κ2) is 6.67. The number of nitrogens with zero attached hydrogens (tertiary/aromatic N) is 3. The smallest absolute Gasteiger partial charge is 0.249 e. The molecule has 0 bridgehead atoms. The molecule has 1 aromatic heterocycles. The van der Waals surface area contributed by atoms with E-state index in [0.717, 1.165) is 24.2 Å². The highest BCUT2D eigenvalue weighted by Crippen LogP contribution is 2.07. The van der Waals surface area contributed by atoms with Crippen LogP contribution in [0.1, 0.15) is 31.7 Å². The molecule has 0 aliphatic heterocycles. The Morgan fingerprint density at radius 3 is 2.61 bits per heavy atom. The molecule has 96 valence electrons. The predicted octanol–water partition coefficient (Wildman–Crippen LogP) is 0.285. The molecule has 1 amide bonds. The van der Waals surface area contributed by atoms with Gasteiger partial charge in [-0.2, -0.15) is 0 Å². The number of anilines is 1. The standard InChI is InChI=1S/C12H17N5O/c1-4-7-8(13)11(18)15-12-14-9(5-2)10(6-3)16-17-12/h1,8H,5-7,13H2,2-3H3,(H,14,15,17,18). The zero-order valence-corrected chi connectivity index (χ0v) is 10.6. The van der Waals surface area contributed by atoms with Gasteiger partial charge in [0.1, 0.15) is 0 Å². The van der Waals surface area contributed by atoms with Crippen LogP contribution < -0.4 is 11.1 Å². The van der Waals surface area contributed by atoms with Crippen molar-refractivity contribution in [1.82, 2.24) is 15.2 Å². The van der Waals surface area contributed by atoms with Gasteiger partial charge in [-0.25, -0.2) is 4.98 Å². The van der Waals surface area contributed by atoms with E-state index in [4.69, 9.17) is 12.2 Å². The largest absolute Gasteiger partial charge is 0.319 e. The number of aromatic nitrogens is 3. The molecule has 1 heterocycles. The fraction of sp³-hybridized carbons (Fsp3) is 0.500. The molecule has 1 aromatic rings. The highest BCUT2D eigenvalue weighted by molar-refractivity contribution is 5.93. The third kappa shape index (κ3) is 3.50. The molecule has 1 rings (SSSR count). The zero-order chi connectivity index (χ0) is 13.5. The molecule has 1 unspecified atom stereocenters. The van der Waals surface area contributed by atoms with Crippen molar-refractivity contribution in [3.8, 4) is 12.3 Å². The van der Waals surface area contributed by atoms with Crippen molar-refractivity contribution in [2.45, 2.75) is 39.2 Å². The molecule has 1 atom stereocenters. The number of amides is 1. The molecule has 0 aliphatic rings. The molecule has 6 nitrogen and oxygen atoms in total. The quantitative estimate of drug-likeness (QED) is 0.729. The normalized spacial score (nSPS) is 11.7. The van der Waals surface area contributed by atoms with Crippen molar-refractivity contribution >= 4 is 11.9 Å². The lowest BCUT2D eigenvalue weighted by molar-refractivity contribution is -0.117. The van der Waals surface area contributed by atoms with Gasteiger partial charge < -0.3 is 5.73 Å². The first kappa shape index (κ1) is 14.1. The summed E-state index contributed by atoms with van der Waals surface area (Å²) in [5, 5.41) is 10.4. The molecular weight excluding hydrogens is 230 g/mol. The minimum atomic E-state index is -0.755. The molecule has 0 radical (unpaired) electrons. The van der Waals surface area contributed by atoms with Gasteiger partial charge in [-0.1, -0.05) is 13.8 Å². The molecular formula is C12H17N5O. The first-order chi connectivity index (χ1) is 8.62. The average molecular weight is 247 g/mol. The number of terminal acetylenes is 1. The Kier molecular flexibility index (Phi) is 5.21. The summed E-state index contributed by atoms with van der Waals surface area (Å²) in [6.07, 6.45) is 6.76. The summed E-state index contributed by atoms with van der Waals surface area (Å²) in [5.74, 6) is 2.10. The third-order valence-corrected chi connectivity index (χ3v) is 2.42. The summed E-state index contributed by atoms with van der Waals surface area (Å²) in [6.45, 7) is 3.95. The number of carbonyl (C=O) groups is 1. The van der Waals surface area contributed by atoms with Crippen molar-refractivity contribution in [1.29, 1.82) is 0 Å². The van der Waals surface area contributed by atoms with E-state index in [1.165, 1.54) is 0 Å². The molecule has 0 aromatic carbocycles. The Bertz CT molecular complexity index is 466. The third-order valence-electron chi connectivity index (χ3n) is 2.42. The topological polar surface area (TPSA) is 93.8 Å². The van der Waals surface area contributed by atoms with Gasteiger partial charge in [-0.3, -0.25) is 10.1 Å². The van der Waals surface area contributed by atoms with Crippen LogP contribution >= 0.6 is 0 Å². The summed E-state index contributed by atoms with van der Waals surface area (Å²) in [4.78, 5) is 15.8. The van der Waals surface area contributed by atoms with E-state index in [2.05, 4.69) is 26.4 Å². The minimum Gasteiger partial charge on any atom is -0.319 e. The van der Waals surface area contributed by atoms with Gasteiger partial charge in [0.2, 0.25) is 11.9 Å². The fourth-order valence-electron chi connectivity index (χ4n) is 1.41. The van der Waals surface area contributed by atoms with E-state index in [0.29, 0.717) is 0 Å². The van der Waals surface area contributed by atoms with E-state index >= 15 is 0 Å². The van der Waals surface area contributed by atoms with Crippen LogP contribution in [0.2, 0.25) is 0 Å². The van der Waals surface area contributed by atoms with Gasteiger partial charge in [0.15, 0.2) is 0 Å². The Morgan fingerprint density at radius 1 is 1.39 bits per heavy atom. The van der Waals surface area contributed by atoms with Crippen LogP contribution in [-0.4, -0.2) is 27.1 Å². The lowest BCUT2D eigenvalue weighted by Gasteiger charge is -2.09. The number of rotatable bonds is 5. The molecule has 0 spiro atoms. The highest BCUT2D eigenvalue weighted by atomic mass is 16.2. The second-order valence-corrected chi connectivity index (χ2v) is 3.74. The number of carbonyl (C=O) groups excluding carboxylic acids is 1. The lowest BCUT2D eigenvalue weighted by atomic mass is 10.2. The maximum atomic E-state index is 11.6. The average Bonchev–Trinajstić information content (AvgIpc) is 2.38. The molecule has 0 saturated heterocycles. The molecule has 0 saturated carbocycles. The number of hydrogen-bond acceptors (Lipinski definition) is 5. The monoisotopic (exact) mass is 247 g/mol. The predicted molar refractivity (Wildman–Crippen MR) is 68.6 cm³/mol. The summed E-state index contributed by atoms with van der Waals surface area (Å²) in [6, 6.07) is -0.755. The van der Waals surface area contributed by atoms with Gasteiger partial charge in [0.25, 0.3) is 0 Å². The summed E-state index contributed by atoms with van der Waals surface area (Å²) < 4.78 is 0. The zero-order valence-electron chi connectivity index (χ0n) is 10.6. The van der Waals surface area contributed by atoms with Crippen LogP contribution in [0, 0.1) is 12.3 Å². The van der Waals surface area contributed by atoms with Crippen molar-refractivity contribution in [3.05, 3.63) is 11.4 Å².